The third-order valence-electron chi connectivity index (χ3n) is 2.86. The van der Waals surface area contributed by atoms with Crippen LogP contribution in [0.15, 0.2) is 23.1 Å². The topological polar surface area (TPSA) is 59.3 Å². The fraction of sp³-hybridized carbons (Fsp3) is 0.500. The number of aromatic carboxylic acids is 1. The number of hydrogen-bond acceptors (Lipinski definition) is 2. The summed E-state index contributed by atoms with van der Waals surface area (Å²) < 4.78 is 1.48. The van der Waals surface area contributed by atoms with Crippen LogP contribution in [0.25, 0.3) is 0 Å². The Morgan fingerprint density at radius 3 is 2.38 bits per heavy atom. The smallest absolute Gasteiger partial charge is 0.337 e. The predicted molar refractivity (Wildman–Crippen MR) is 61.8 cm³/mol. The van der Waals surface area contributed by atoms with Crippen molar-refractivity contribution in [3.05, 3.63) is 34.2 Å². The van der Waals surface area contributed by atoms with Gasteiger partial charge in [-0.05, 0) is 18.4 Å². The van der Waals surface area contributed by atoms with Gasteiger partial charge in [-0.2, -0.15) is 0 Å². The molecule has 16 heavy (non-hydrogen) atoms. The Kier molecular flexibility index (Phi) is 3.21. The Balaban J connectivity index is 3.28. The largest absolute Gasteiger partial charge is 0.478 e. The number of carboxylic acids is 1. The number of rotatable bonds is 2. The zero-order chi connectivity index (χ0) is 12.5. The number of pyridine rings is 1. The van der Waals surface area contributed by atoms with E-state index in [1.54, 1.807) is 0 Å². The van der Waals surface area contributed by atoms with Crippen LogP contribution in [-0.4, -0.2) is 15.6 Å². The lowest BCUT2D eigenvalue weighted by Crippen LogP contribution is -2.30. The molecule has 1 N–H and O–H groups in total. The molecule has 0 spiro atoms. The number of carbonyl (C=O) groups is 1. The highest BCUT2D eigenvalue weighted by molar-refractivity contribution is 5.87. The molecule has 1 unspecified atom stereocenters. The maximum Gasteiger partial charge on any atom is 0.337 e. The molecule has 0 saturated carbocycles. The van der Waals surface area contributed by atoms with Crippen LogP contribution in [0.5, 0.6) is 0 Å². The number of nitrogens with zero attached hydrogens (tertiary/aromatic N) is 1. The van der Waals surface area contributed by atoms with Gasteiger partial charge in [-0.25, -0.2) is 4.79 Å². The second kappa shape index (κ2) is 4.12. The fourth-order valence-electron chi connectivity index (χ4n) is 1.35. The van der Waals surface area contributed by atoms with Gasteiger partial charge in [0.1, 0.15) is 0 Å². The van der Waals surface area contributed by atoms with Gasteiger partial charge >= 0.3 is 5.97 Å². The summed E-state index contributed by atoms with van der Waals surface area (Å²) in [7, 11) is 0. The van der Waals surface area contributed by atoms with Gasteiger partial charge in [0.2, 0.25) is 0 Å². The molecule has 4 nitrogen and oxygen atoms in total. The summed E-state index contributed by atoms with van der Waals surface area (Å²) in [5, 5.41) is 8.87. The summed E-state index contributed by atoms with van der Waals surface area (Å²) >= 11 is 0. The van der Waals surface area contributed by atoms with Gasteiger partial charge in [0.05, 0.1) is 5.56 Å². The summed E-state index contributed by atoms with van der Waals surface area (Å²) in [5.41, 5.74) is -0.135. The molecule has 0 saturated heterocycles. The Hall–Kier alpha value is -1.58. The number of carboxylic acid groups (broad SMARTS) is 1. The highest BCUT2D eigenvalue weighted by atomic mass is 16.4. The lowest BCUT2D eigenvalue weighted by molar-refractivity contribution is 0.0695. The van der Waals surface area contributed by atoms with E-state index in [4.69, 9.17) is 5.11 Å². The minimum absolute atomic E-state index is 0.0562. The zero-order valence-corrected chi connectivity index (χ0v) is 10.0. The molecule has 0 aliphatic rings. The molecule has 1 rings (SSSR count). The lowest BCUT2D eigenvalue weighted by atomic mass is 9.88. The first-order chi connectivity index (χ1) is 7.23. The molecule has 88 valence electrons. The van der Waals surface area contributed by atoms with Crippen molar-refractivity contribution in [2.24, 2.45) is 5.41 Å². The maximum atomic E-state index is 11.7. The third kappa shape index (κ3) is 2.51. The van der Waals surface area contributed by atoms with Crippen LogP contribution in [0, 0.1) is 5.41 Å². The zero-order valence-electron chi connectivity index (χ0n) is 10.0. The van der Waals surface area contributed by atoms with Crippen molar-refractivity contribution in [3.63, 3.8) is 0 Å². The van der Waals surface area contributed by atoms with Crippen molar-refractivity contribution in [2.45, 2.75) is 33.7 Å². The van der Waals surface area contributed by atoms with Gasteiger partial charge in [0.15, 0.2) is 0 Å². The molecule has 0 bridgehead atoms. The summed E-state index contributed by atoms with van der Waals surface area (Å²) in [6, 6.07) is 2.57. The fourth-order valence-corrected chi connectivity index (χ4v) is 1.35. The lowest BCUT2D eigenvalue weighted by Gasteiger charge is -2.29. The minimum Gasteiger partial charge on any atom is -0.478 e. The molecule has 4 heteroatoms. The Morgan fingerprint density at radius 2 is 1.94 bits per heavy atom. The van der Waals surface area contributed by atoms with Crippen molar-refractivity contribution in [1.82, 2.24) is 4.57 Å². The summed E-state index contributed by atoms with van der Waals surface area (Å²) in [5.74, 6) is -1.02. The van der Waals surface area contributed by atoms with Gasteiger partial charge in [-0.1, -0.05) is 20.8 Å². The van der Waals surface area contributed by atoms with Gasteiger partial charge < -0.3 is 9.67 Å². The quantitative estimate of drug-likeness (QED) is 0.835. The number of hydrogen-bond donors (Lipinski definition) is 1. The van der Waals surface area contributed by atoms with Gasteiger partial charge in [0, 0.05) is 18.3 Å². The van der Waals surface area contributed by atoms with E-state index in [0.29, 0.717) is 0 Å². The first-order valence-electron chi connectivity index (χ1n) is 5.19. The monoisotopic (exact) mass is 223 g/mol. The average Bonchev–Trinajstić information content (AvgIpc) is 2.15. The average molecular weight is 223 g/mol. The molecule has 1 aromatic rings. The standard InChI is InChI=1S/C12H17NO3/c1-8(12(2,3)4)13-7-9(11(15)16)5-6-10(13)14/h5-8H,1-4H3,(H,15,16). The van der Waals surface area contributed by atoms with Crippen LogP contribution in [0.4, 0.5) is 0 Å². The van der Waals surface area contributed by atoms with Crippen LogP contribution in [-0.2, 0) is 0 Å². The van der Waals surface area contributed by atoms with Crippen molar-refractivity contribution in [1.29, 1.82) is 0 Å². The molecule has 1 aromatic heterocycles. The minimum atomic E-state index is -1.02. The maximum absolute atomic E-state index is 11.7. The van der Waals surface area contributed by atoms with Crippen LogP contribution < -0.4 is 5.56 Å². The van der Waals surface area contributed by atoms with Gasteiger partial charge in [-0.15, -0.1) is 0 Å². The summed E-state index contributed by atoms with van der Waals surface area (Å²) in [6.07, 6.45) is 1.40. The van der Waals surface area contributed by atoms with E-state index in [1.807, 2.05) is 27.7 Å². The first kappa shape index (κ1) is 12.5. The number of aromatic nitrogens is 1. The summed E-state index contributed by atoms with van der Waals surface area (Å²) in [6.45, 7) is 7.94. The van der Waals surface area contributed by atoms with Crippen LogP contribution in [0.2, 0.25) is 0 Å². The van der Waals surface area contributed by atoms with E-state index in [-0.39, 0.29) is 22.6 Å². The van der Waals surface area contributed by atoms with Crippen molar-refractivity contribution >= 4 is 5.97 Å². The molecule has 0 amide bonds. The van der Waals surface area contributed by atoms with E-state index in [0.717, 1.165) is 0 Å². The second-order valence-electron chi connectivity index (χ2n) is 5.01. The Morgan fingerprint density at radius 1 is 1.38 bits per heavy atom. The highest BCUT2D eigenvalue weighted by Crippen LogP contribution is 2.28. The molecule has 1 atom stereocenters. The molecule has 1 heterocycles. The Labute approximate surface area is 94.5 Å². The van der Waals surface area contributed by atoms with Crippen molar-refractivity contribution < 1.29 is 9.90 Å². The van der Waals surface area contributed by atoms with E-state index in [1.165, 1.54) is 22.9 Å². The molecule has 0 aromatic carbocycles. The van der Waals surface area contributed by atoms with E-state index >= 15 is 0 Å². The SMILES string of the molecule is CC(n1cc(C(=O)O)ccc1=O)C(C)(C)C. The van der Waals surface area contributed by atoms with Crippen LogP contribution in [0.3, 0.4) is 0 Å². The van der Waals surface area contributed by atoms with Crippen LogP contribution >= 0.6 is 0 Å². The first-order valence-corrected chi connectivity index (χ1v) is 5.19. The molecule has 0 aliphatic carbocycles. The van der Waals surface area contributed by atoms with E-state index in [9.17, 15) is 9.59 Å². The highest BCUT2D eigenvalue weighted by Gasteiger charge is 2.22. The molecular weight excluding hydrogens is 206 g/mol. The molecular formula is C12H17NO3. The van der Waals surface area contributed by atoms with Crippen molar-refractivity contribution in [2.75, 3.05) is 0 Å². The summed E-state index contributed by atoms with van der Waals surface area (Å²) in [4.78, 5) is 22.5. The molecule has 0 fully saturated rings. The van der Waals surface area contributed by atoms with E-state index < -0.39 is 5.97 Å². The second-order valence-corrected chi connectivity index (χ2v) is 5.01. The van der Waals surface area contributed by atoms with Crippen LogP contribution in [0.1, 0.15) is 44.1 Å². The normalized spacial score (nSPS) is 13.5. The van der Waals surface area contributed by atoms with E-state index in [2.05, 4.69) is 0 Å². The van der Waals surface area contributed by atoms with Gasteiger partial charge in [-0.3, -0.25) is 4.79 Å². The van der Waals surface area contributed by atoms with Gasteiger partial charge in [0.25, 0.3) is 5.56 Å². The molecule has 0 aliphatic heterocycles. The third-order valence-corrected chi connectivity index (χ3v) is 2.86. The van der Waals surface area contributed by atoms with Crippen molar-refractivity contribution in [3.8, 4) is 0 Å². The predicted octanol–water partition coefficient (Wildman–Crippen LogP) is 2.15. The molecule has 0 radical (unpaired) electrons. The Bertz CT molecular complexity index is 454.